The smallest absolute Gasteiger partial charge is 0.466 e. The summed E-state index contributed by atoms with van der Waals surface area (Å²) in [7, 11) is 1.39. The van der Waals surface area contributed by atoms with E-state index in [1.165, 1.54) is 0 Å². The molecule has 1 unspecified atom stereocenters. The second kappa shape index (κ2) is 6.04. The zero-order chi connectivity index (χ0) is 16.5. The van der Waals surface area contributed by atoms with Crippen molar-refractivity contribution in [3.63, 3.8) is 0 Å². The predicted molar refractivity (Wildman–Crippen MR) is 83.3 cm³/mol. The maximum absolute atomic E-state index is 12.0. The first-order chi connectivity index (χ1) is 10.2. The Kier molecular flexibility index (Phi) is 4.68. The van der Waals surface area contributed by atoms with Crippen LogP contribution in [0, 0.1) is 0 Å². The van der Waals surface area contributed by atoms with Crippen LogP contribution in [0.15, 0.2) is 12.5 Å². The summed E-state index contributed by atoms with van der Waals surface area (Å²) in [6, 6.07) is 0. The van der Waals surface area contributed by atoms with Gasteiger partial charge in [0.15, 0.2) is 0 Å². The van der Waals surface area contributed by atoms with Crippen LogP contribution in [0.5, 0.6) is 0 Å². The predicted octanol–water partition coefficient (Wildman–Crippen LogP) is 2.09. The van der Waals surface area contributed by atoms with Gasteiger partial charge >= 0.3 is 13.1 Å². The Morgan fingerprint density at radius 2 is 1.95 bits per heavy atom. The lowest BCUT2D eigenvalue weighted by molar-refractivity contribution is -0.143. The summed E-state index contributed by atoms with van der Waals surface area (Å²) in [5.41, 5.74) is 0.0124. The Balaban J connectivity index is 2.26. The summed E-state index contributed by atoms with van der Waals surface area (Å²) in [5.74, 6) is -0.518. The Labute approximate surface area is 132 Å². The van der Waals surface area contributed by atoms with Crippen LogP contribution >= 0.6 is 0 Å². The average Bonchev–Trinajstić information content (AvgIpc) is 2.89. The third-order valence-electron chi connectivity index (χ3n) is 4.53. The first-order valence-corrected chi connectivity index (χ1v) is 7.65. The molecule has 0 spiro atoms. The summed E-state index contributed by atoms with van der Waals surface area (Å²) in [6.45, 7) is 10.1. The summed E-state index contributed by atoms with van der Waals surface area (Å²) in [6.07, 6.45) is 3.65. The number of rotatable bonds is 5. The third kappa shape index (κ3) is 3.20. The van der Waals surface area contributed by atoms with Crippen LogP contribution < -0.4 is 0 Å². The van der Waals surface area contributed by atoms with Gasteiger partial charge in [-0.1, -0.05) is 0 Å². The standard InChI is InChI=1S/C15H25BN2O4/c1-7-20-13(19)8-11(12-9-17-10-18(12)6)16-21-14(2,3)15(4,5)22-16/h9-11H,7-8H2,1-6H3. The summed E-state index contributed by atoms with van der Waals surface area (Å²) in [4.78, 5) is 16.1. The molecule has 0 bridgehead atoms. The molecule has 0 saturated carbocycles. The number of esters is 1. The molecule has 0 aliphatic carbocycles. The molecular weight excluding hydrogens is 283 g/mol. The van der Waals surface area contributed by atoms with Gasteiger partial charge in [0.05, 0.1) is 30.6 Å². The van der Waals surface area contributed by atoms with E-state index < -0.39 is 18.3 Å². The normalized spacial score (nSPS) is 20.9. The second-order valence-electron chi connectivity index (χ2n) is 6.67. The number of hydrogen-bond donors (Lipinski definition) is 0. The topological polar surface area (TPSA) is 62.6 Å². The Morgan fingerprint density at radius 1 is 1.36 bits per heavy atom. The van der Waals surface area contributed by atoms with Gasteiger partial charge in [-0.2, -0.15) is 0 Å². The van der Waals surface area contributed by atoms with Crippen LogP contribution in [-0.2, 0) is 25.9 Å². The quantitative estimate of drug-likeness (QED) is 0.615. The maximum Gasteiger partial charge on any atom is 0.468 e. The number of carbonyl (C=O) groups excluding carboxylic acids is 1. The number of imidazole rings is 1. The van der Waals surface area contributed by atoms with Crippen molar-refractivity contribution in [2.24, 2.45) is 7.05 Å². The van der Waals surface area contributed by atoms with E-state index in [0.717, 1.165) is 5.69 Å². The van der Waals surface area contributed by atoms with Crippen molar-refractivity contribution < 1.29 is 18.8 Å². The minimum Gasteiger partial charge on any atom is -0.466 e. The number of nitrogens with zero attached hydrogens (tertiary/aromatic N) is 2. The van der Waals surface area contributed by atoms with Crippen molar-refractivity contribution in [1.82, 2.24) is 9.55 Å². The number of hydrogen-bond acceptors (Lipinski definition) is 5. The molecular formula is C15H25BN2O4. The van der Waals surface area contributed by atoms with Crippen LogP contribution in [-0.4, -0.2) is 40.4 Å². The van der Waals surface area contributed by atoms with E-state index in [9.17, 15) is 4.79 Å². The maximum atomic E-state index is 12.0. The van der Waals surface area contributed by atoms with Crippen LogP contribution in [0.4, 0.5) is 0 Å². The minimum atomic E-state index is -0.509. The Hall–Kier alpha value is -1.34. The number of aryl methyl sites for hydroxylation is 1. The van der Waals surface area contributed by atoms with Crippen molar-refractivity contribution in [2.75, 3.05) is 6.61 Å². The van der Waals surface area contributed by atoms with Crippen molar-refractivity contribution in [2.45, 2.75) is 58.1 Å². The van der Waals surface area contributed by atoms with Gasteiger partial charge in [-0.25, -0.2) is 4.98 Å². The molecule has 2 heterocycles. The van der Waals surface area contributed by atoms with E-state index in [2.05, 4.69) is 4.98 Å². The van der Waals surface area contributed by atoms with Crippen LogP contribution in [0.25, 0.3) is 0 Å². The van der Waals surface area contributed by atoms with Crippen LogP contribution in [0.2, 0.25) is 0 Å². The fourth-order valence-corrected chi connectivity index (χ4v) is 2.52. The molecule has 122 valence electrons. The third-order valence-corrected chi connectivity index (χ3v) is 4.53. The van der Waals surface area contributed by atoms with Gasteiger partial charge < -0.3 is 18.6 Å². The van der Waals surface area contributed by atoms with Crippen LogP contribution in [0.3, 0.4) is 0 Å². The van der Waals surface area contributed by atoms with E-state index in [1.807, 2.05) is 39.3 Å². The highest BCUT2D eigenvalue weighted by Gasteiger charge is 2.54. The fourth-order valence-electron chi connectivity index (χ4n) is 2.52. The highest BCUT2D eigenvalue weighted by atomic mass is 16.7. The van der Waals surface area contributed by atoms with Crippen LogP contribution in [0.1, 0.15) is 52.6 Å². The highest BCUT2D eigenvalue weighted by Crippen LogP contribution is 2.41. The SMILES string of the molecule is CCOC(=O)CC(B1OC(C)(C)C(C)(C)O1)c1cncn1C. The van der Waals surface area contributed by atoms with Crippen molar-refractivity contribution in [3.8, 4) is 0 Å². The average molecular weight is 308 g/mol. The van der Waals surface area contributed by atoms with E-state index in [-0.39, 0.29) is 18.2 Å². The molecule has 0 radical (unpaired) electrons. The molecule has 1 aliphatic rings. The van der Waals surface area contributed by atoms with Gasteiger partial charge in [0.2, 0.25) is 0 Å². The Bertz CT molecular complexity index is 525. The molecule has 1 aliphatic heterocycles. The molecule has 0 amide bonds. The molecule has 0 aromatic carbocycles. The van der Waals surface area contributed by atoms with Gasteiger partial charge in [0, 0.05) is 24.8 Å². The van der Waals surface area contributed by atoms with Crippen molar-refractivity contribution in [3.05, 3.63) is 18.2 Å². The van der Waals surface area contributed by atoms with E-state index >= 15 is 0 Å². The number of aromatic nitrogens is 2. The second-order valence-corrected chi connectivity index (χ2v) is 6.67. The summed E-state index contributed by atoms with van der Waals surface area (Å²) >= 11 is 0. The molecule has 1 atom stereocenters. The molecule has 7 heteroatoms. The lowest BCUT2D eigenvalue weighted by Gasteiger charge is -2.32. The van der Waals surface area contributed by atoms with Gasteiger partial charge in [-0.05, 0) is 34.6 Å². The lowest BCUT2D eigenvalue weighted by atomic mass is 9.68. The zero-order valence-electron chi connectivity index (χ0n) is 14.3. The first kappa shape index (κ1) is 17.0. The minimum absolute atomic E-state index is 0.199. The van der Waals surface area contributed by atoms with Gasteiger partial charge in [0.25, 0.3) is 0 Å². The van der Waals surface area contributed by atoms with E-state index in [1.54, 1.807) is 19.4 Å². The summed E-state index contributed by atoms with van der Waals surface area (Å²) < 4.78 is 19.2. The van der Waals surface area contributed by atoms with Crippen molar-refractivity contribution in [1.29, 1.82) is 0 Å². The molecule has 1 saturated heterocycles. The molecule has 1 aromatic heterocycles. The van der Waals surface area contributed by atoms with Gasteiger partial charge in [-0.15, -0.1) is 0 Å². The van der Waals surface area contributed by atoms with Gasteiger partial charge in [0.1, 0.15) is 0 Å². The lowest BCUT2D eigenvalue weighted by Crippen LogP contribution is -2.41. The van der Waals surface area contributed by atoms with Gasteiger partial charge in [-0.3, -0.25) is 4.79 Å². The molecule has 2 rings (SSSR count). The molecule has 1 fully saturated rings. The fraction of sp³-hybridized carbons (Fsp3) is 0.733. The first-order valence-electron chi connectivity index (χ1n) is 7.65. The largest absolute Gasteiger partial charge is 0.468 e. The number of ether oxygens (including phenoxy) is 1. The molecule has 22 heavy (non-hydrogen) atoms. The van der Waals surface area contributed by atoms with Crippen molar-refractivity contribution >= 4 is 13.1 Å². The zero-order valence-corrected chi connectivity index (χ0v) is 14.3. The highest BCUT2D eigenvalue weighted by molar-refractivity contribution is 6.48. The summed E-state index contributed by atoms with van der Waals surface area (Å²) in [5, 5.41) is 0. The number of carbonyl (C=O) groups is 1. The molecule has 6 nitrogen and oxygen atoms in total. The van der Waals surface area contributed by atoms with E-state index in [0.29, 0.717) is 6.61 Å². The monoisotopic (exact) mass is 308 g/mol. The molecule has 0 N–H and O–H groups in total. The van der Waals surface area contributed by atoms with E-state index in [4.69, 9.17) is 14.0 Å². The molecule has 1 aromatic rings. The Morgan fingerprint density at radius 3 is 2.41 bits per heavy atom.